The van der Waals surface area contributed by atoms with Crippen molar-refractivity contribution in [2.45, 2.75) is 12.5 Å². The average Bonchev–Trinajstić information content (AvgIpc) is 2.83. The highest BCUT2D eigenvalue weighted by atomic mass is 32.1. The van der Waals surface area contributed by atoms with E-state index in [1.165, 1.54) is 18.8 Å². The number of carboxylic acids is 1. The van der Waals surface area contributed by atoms with Crippen LogP contribution in [0.15, 0.2) is 12.1 Å². The molecule has 1 unspecified atom stereocenters. The summed E-state index contributed by atoms with van der Waals surface area (Å²) in [4.78, 5) is 27.5. The summed E-state index contributed by atoms with van der Waals surface area (Å²) in [5, 5.41) is 12.4. The number of anilines is 1. The number of aromatic nitrogens is 2. The van der Waals surface area contributed by atoms with Gasteiger partial charge in [-0.3, -0.25) is 9.59 Å². The van der Waals surface area contributed by atoms with E-state index in [4.69, 9.17) is 26.8 Å². The van der Waals surface area contributed by atoms with E-state index in [0.29, 0.717) is 28.2 Å². The number of rotatable bonds is 4. The lowest BCUT2D eigenvalue weighted by Crippen LogP contribution is -2.27. The lowest BCUT2D eigenvalue weighted by atomic mass is 10.2. The number of carbonyl (C=O) groups excluding carboxylic acids is 1. The van der Waals surface area contributed by atoms with E-state index in [9.17, 15) is 9.59 Å². The zero-order valence-corrected chi connectivity index (χ0v) is 13.1. The first kappa shape index (κ1) is 15.2. The van der Waals surface area contributed by atoms with E-state index >= 15 is 0 Å². The van der Waals surface area contributed by atoms with Crippen LogP contribution in [0, 0.1) is 4.77 Å². The molecule has 1 aromatic carbocycles. The number of methoxy groups -OCH3 is 2. The maximum absolute atomic E-state index is 12.3. The van der Waals surface area contributed by atoms with Crippen molar-refractivity contribution in [2.75, 3.05) is 19.5 Å². The highest BCUT2D eigenvalue weighted by Crippen LogP contribution is 2.36. The molecule has 120 valence electrons. The topological polar surface area (TPSA) is 103 Å². The molecule has 0 saturated carbocycles. The number of carbonyl (C=O) groups is 2. The van der Waals surface area contributed by atoms with E-state index in [1.54, 1.807) is 12.1 Å². The lowest BCUT2D eigenvalue weighted by Gasteiger charge is -2.11. The van der Waals surface area contributed by atoms with Crippen LogP contribution >= 0.6 is 12.2 Å². The van der Waals surface area contributed by atoms with Crippen LogP contribution in [0.5, 0.6) is 11.5 Å². The Morgan fingerprint density at radius 1 is 1.39 bits per heavy atom. The minimum absolute atomic E-state index is 0.0603. The first-order valence-corrected chi connectivity index (χ1v) is 7.08. The van der Waals surface area contributed by atoms with Gasteiger partial charge in [-0.2, -0.15) is 0 Å². The van der Waals surface area contributed by atoms with Gasteiger partial charge in [-0.1, -0.05) is 0 Å². The molecule has 1 atom stereocenters. The summed E-state index contributed by atoms with van der Waals surface area (Å²) in [6.07, 6.45) is -0.343. The lowest BCUT2D eigenvalue weighted by molar-refractivity contribution is -0.137. The monoisotopic (exact) mass is 335 g/mol. The van der Waals surface area contributed by atoms with Gasteiger partial charge in [0, 0.05) is 11.5 Å². The van der Waals surface area contributed by atoms with Crippen molar-refractivity contribution in [3.63, 3.8) is 0 Å². The van der Waals surface area contributed by atoms with Gasteiger partial charge >= 0.3 is 5.97 Å². The van der Waals surface area contributed by atoms with Crippen molar-refractivity contribution in [3.05, 3.63) is 16.9 Å². The van der Waals surface area contributed by atoms with Crippen molar-refractivity contribution in [3.8, 4) is 11.5 Å². The van der Waals surface area contributed by atoms with Crippen LogP contribution in [0.2, 0.25) is 0 Å². The molecule has 2 aromatic rings. The number of ether oxygens (including phenoxy) is 2. The number of nitrogens with one attached hydrogen (secondary N) is 1. The molecule has 2 heterocycles. The Bertz CT molecular complexity index is 892. The van der Waals surface area contributed by atoms with Gasteiger partial charge in [0.2, 0.25) is 4.77 Å². The SMILES string of the molecule is COc1cc2nc(=S)n3c(c2cc1OC)NC(CC(=O)O)C3=O. The van der Waals surface area contributed by atoms with Gasteiger partial charge in [0.1, 0.15) is 11.9 Å². The van der Waals surface area contributed by atoms with Crippen LogP contribution in [0.3, 0.4) is 0 Å². The molecule has 1 aromatic heterocycles. The summed E-state index contributed by atoms with van der Waals surface area (Å²) in [7, 11) is 3.00. The first-order chi connectivity index (χ1) is 11.0. The molecule has 0 fully saturated rings. The van der Waals surface area contributed by atoms with Crippen LogP contribution in [0.4, 0.5) is 5.82 Å². The quantitative estimate of drug-likeness (QED) is 0.814. The van der Waals surface area contributed by atoms with Crippen molar-refractivity contribution < 1.29 is 24.2 Å². The molecule has 3 rings (SSSR count). The highest BCUT2D eigenvalue weighted by Gasteiger charge is 2.33. The minimum Gasteiger partial charge on any atom is -0.493 e. The van der Waals surface area contributed by atoms with Crippen LogP contribution < -0.4 is 14.8 Å². The number of hydrogen-bond donors (Lipinski definition) is 2. The molecule has 0 saturated heterocycles. The van der Waals surface area contributed by atoms with Gasteiger partial charge in [0.05, 0.1) is 26.2 Å². The smallest absolute Gasteiger partial charge is 0.305 e. The summed E-state index contributed by atoms with van der Waals surface area (Å²) in [6, 6.07) is 2.45. The van der Waals surface area contributed by atoms with Crippen molar-refractivity contribution >= 4 is 40.8 Å². The second kappa shape index (κ2) is 5.51. The number of carboxylic acid groups (broad SMARTS) is 1. The summed E-state index contributed by atoms with van der Waals surface area (Å²) in [5.41, 5.74) is 0.523. The Morgan fingerprint density at radius 2 is 2.04 bits per heavy atom. The van der Waals surface area contributed by atoms with E-state index in [0.717, 1.165) is 0 Å². The third-order valence-electron chi connectivity index (χ3n) is 3.60. The summed E-state index contributed by atoms with van der Waals surface area (Å²) in [6.45, 7) is 0. The van der Waals surface area contributed by atoms with Gasteiger partial charge in [0.25, 0.3) is 5.91 Å². The summed E-state index contributed by atoms with van der Waals surface area (Å²) < 4.78 is 11.8. The van der Waals surface area contributed by atoms with Crippen molar-refractivity contribution in [1.82, 2.24) is 9.55 Å². The van der Waals surface area contributed by atoms with Crippen LogP contribution in [-0.4, -0.2) is 46.8 Å². The second-order valence-corrected chi connectivity index (χ2v) is 5.30. The molecule has 2 N–H and O–H groups in total. The standard InChI is InChI=1S/C14H13N3O5S/c1-21-9-3-6-7(4-10(9)22-2)16-14(23)17-12(6)15-8(13(17)20)5-11(18)19/h3-4,8,15H,5H2,1-2H3,(H,18,19). The number of hydrogen-bond acceptors (Lipinski definition) is 7. The van der Waals surface area contributed by atoms with Gasteiger partial charge in [-0.15, -0.1) is 0 Å². The third-order valence-corrected chi connectivity index (χ3v) is 3.87. The first-order valence-electron chi connectivity index (χ1n) is 6.67. The molecule has 8 nitrogen and oxygen atoms in total. The maximum Gasteiger partial charge on any atom is 0.305 e. The van der Waals surface area contributed by atoms with Crippen molar-refractivity contribution in [2.24, 2.45) is 0 Å². The highest BCUT2D eigenvalue weighted by molar-refractivity contribution is 7.71. The van der Waals surface area contributed by atoms with E-state index in [2.05, 4.69) is 10.3 Å². The van der Waals surface area contributed by atoms with E-state index < -0.39 is 17.9 Å². The molecular weight excluding hydrogens is 322 g/mol. The number of fused-ring (bicyclic) bond motifs is 3. The maximum atomic E-state index is 12.3. The molecule has 0 radical (unpaired) electrons. The van der Waals surface area contributed by atoms with Crippen LogP contribution in [0.1, 0.15) is 11.2 Å². The zero-order chi connectivity index (χ0) is 16.7. The summed E-state index contributed by atoms with van der Waals surface area (Å²) >= 11 is 5.16. The predicted molar refractivity (Wildman–Crippen MR) is 84.0 cm³/mol. The van der Waals surface area contributed by atoms with Crippen molar-refractivity contribution in [1.29, 1.82) is 0 Å². The molecule has 0 aliphatic carbocycles. The van der Waals surface area contributed by atoms with E-state index in [1.807, 2.05) is 0 Å². The fourth-order valence-electron chi connectivity index (χ4n) is 2.56. The number of aliphatic carboxylic acids is 1. The Kier molecular flexibility index (Phi) is 3.64. The molecule has 23 heavy (non-hydrogen) atoms. The van der Waals surface area contributed by atoms with E-state index in [-0.39, 0.29) is 11.2 Å². The second-order valence-electron chi connectivity index (χ2n) is 4.94. The molecule has 0 amide bonds. The Hall–Kier alpha value is -2.68. The summed E-state index contributed by atoms with van der Waals surface area (Å²) in [5.74, 6) is -0.142. The fourth-order valence-corrected chi connectivity index (χ4v) is 2.84. The van der Waals surface area contributed by atoms with Gasteiger partial charge in [0.15, 0.2) is 11.5 Å². The van der Waals surface area contributed by atoms with Crippen LogP contribution in [0.25, 0.3) is 10.9 Å². The molecule has 1 aliphatic heterocycles. The third kappa shape index (κ3) is 2.38. The Balaban J connectivity index is 2.24. The number of benzene rings is 1. The zero-order valence-electron chi connectivity index (χ0n) is 12.3. The molecular formula is C14H13N3O5S. The fraction of sp³-hybridized carbons (Fsp3) is 0.286. The predicted octanol–water partition coefficient (Wildman–Crippen LogP) is 1.69. The minimum atomic E-state index is -1.08. The normalized spacial score (nSPS) is 16.1. The average molecular weight is 335 g/mol. The largest absolute Gasteiger partial charge is 0.493 e. The Labute approximate surface area is 135 Å². The molecule has 1 aliphatic rings. The molecule has 0 spiro atoms. The number of nitrogens with zero attached hydrogens (tertiary/aromatic N) is 2. The molecule has 0 bridgehead atoms. The molecule has 9 heteroatoms. The van der Waals surface area contributed by atoms with Crippen LogP contribution in [-0.2, 0) is 4.79 Å². The van der Waals surface area contributed by atoms with Gasteiger partial charge < -0.3 is 19.9 Å². The van der Waals surface area contributed by atoms with Gasteiger partial charge in [-0.25, -0.2) is 9.55 Å². The Morgan fingerprint density at radius 3 is 2.65 bits per heavy atom. The van der Waals surface area contributed by atoms with Gasteiger partial charge in [-0.05, 0) is 18.3 Å².